The van der Waals surface area contributed by atoms with Crippen molar-refractivity contribution in [2.24, 2.45) is 0 Å². The van der Waals surface area contributed by atoms with Crippen LogP contribution in [0.1, 0.15) is 65.3 Å². The first-order chi connectivity index (χ1) is 16.1. The number of nitrogens with one attached hydrogen (secondary N) is 1. The van der Waals surface area contributed by atoms with Gasteiger partial charge < -0.3 is 5.32 Å². The third-order valence-electron chi connectivity index (χ3n) is 6.42. The molecule has 0 unspecified atom stereocenters. The lowest BCUT2D eigenvalue weighted by Gasteiger charge is -2.19. The summed E-state index contributed by atoms with van der Waals surface area (Å²) < 4.78 is 1.91. The summed E-state index contributed by atoms with van der Waals surface area (Å²) in [5, 5.41) is 20.6. The standard InChI is InChI=1S/C26H24N6O/c1-17-22(19-12-10-18(14-27)11-13-19)8-5-9-23(17)25(33)29-21-15-28-26-31-30-24(32(26)16-21)20-6-3-2-4-7-20/h5,8-13,15-16,20H,2-4,6-7H2,1H3,(H,29,33). The zero-order valence-corrected chi connectivity index (χ0v) is 18.5. The minimum Gasteiger partial charge on any atom is -0.319 e. The second-order valence-corrected chi connectivity index (χ2v) is 8.53. The van der Waals surface area contributed by atoms with Gasteiger partial charge in [-0.15, -0.1) is 10.2 Å². The fourth-order valence-corrected chi connectivity index (χ4v) is 4.63. The molecule has 0 spiro atoms. The van der Waals surface area contributed by atoms with E-state index in [1.54, 1.807) is 18.3 Å². The minimum absolute atomic E-state index is 0.198. The third-order valence-corrected chi connectivity index (χ3v) is 6.42. The van der Waals surface area contributed by atoms with Crippen LogP contribution in [0.15, 0.2) is 54.9 Å². The highest BCUT2D eigenvalue weighted by molar-refractivity contribution is 6.06. The molecule has 0 atom stereocenters. The van der Waals surface area contributed by atoms with E-state index in [1.807, 2.05) is 47.9 Å². The molecule has 1 N–H and O–H groups in total. The normalized spacial score (nSPS) is 14.2. The number of amides is 1. The van der Waals surface area contributed by atoms with Crippen LogP contribution >= 0.6 is 0 Å². The van der Waals surface area contributed by atoms with Gasteiger partial charge in [0.1, 0.15) is 5.82 Å². The lowest BCUT2D eigenvalue weighted by Crippen LogP contribution is -2.15. The van der Waals surface area contributed by atoms with Crippen LogP contribution in [0.25, 0.3) is 16.9 Å². The van der Waals surface area contributed by atoms with E-state index >= 15 is 0 Å². The van der Waals surface area contributed by atoms with Crippen molar-refractivity contribution in [3.8, 4) is 17.2 Å². The highest BCUT2D eigenvalue weighted by Crippen LogP contribution is 2.32. The fourth-order valence-electron chi connectivity index (χ4n) is 4.63. The molecule has 7 heteroatoms. The number of anilines is 1. The summed E-state index contributed by atoms with van der Waals surface area (Å²) in [6.45, 7) is 1.94. The van der Waals surface area contributed by atoms with E-state index in [0.29, 0.717) is 28.5 Å². The minimum atomic E-state index is -0.198. The largest absolute Gasteiger partial charge is 0.319 e. The third kappa shape index (κ3) is 4.08. The molecule has 2 aromatic carbocycles. The van der Waals surface area contributed by atoms with Crippen molar-refractivity contribution in [3.05, 3.63) is 77.4 Å². The van der Waals surface area contributed by atoms with E-state index in [0.717, 1.165) is 35.4 Å². The average molecular weight is 437 g/mol. The van der Waals surface area contributed by atoms with Crippen molar-refractivity contribution in [1.29, 1.82) is 5.26 Å². The number of hydrogen-bond acceptors (Lipinski definition) is 5. The van der Waals surface area contributed by atoms with Gasteiger partial charge in [-0.3, -0.25) is 9.20 Å². The number of carbonyl (C=O) groups excluding carboxylic acids is 1. The molecule has 1 aliphatic rings. The molecule has 164 valence electrons. The van der Waals surface area contributed by atoms with Crippen LogP contribution in [-0.2, 0) is 0 Å². The molecule has 1 aliphatic carbocycles. The Morgan fingerprint density at radius 1 is 1.09 bits per heavy atom. The Morgan fingerprint density at radius 3 is 2.64 bits per heavy atom. The summed E-state index contributed by atoms with van der Waals surface area (Å²) in [5.41, 5.74) is 4.60. The maximum absolute atomic E-state index is 13.2. The second-order valence-electron chi connectivity index (χ2n) is 8.53. The van der Waals surface area contributed by atoms with Gasteiger partial charge in [0.05, 0.1) is 23.5 Å². The molecule has 4 aromatic rings. The number of aromatic nitrogens is 4. The molecular formula is C26H24N6O. The Kier molecular flexibility index (Phi) is 5.57. The Labute approximate surface area is 192 Å². The number of nitrogens with zero attached hydrogens (tertiary/aromatic N) is 5. The number of carbonyl (C=O) groups is 1. The van der Waals surface area contributed by atoms with E-state index < -0.39 is 0 Å². The van der Waals surface area contributed by atoms with Crippen molar-refractivity contribution in [3.63, 3.8) is 0 Å². The van der Waals surface area contributed by atoms with E-state index in [1.165, 1.54) is 19.3 Å². The molecule has 1 saturated carbocycles. The van der Waals surface area contributed by atoms with E-state index in [9.17, 15) is 4.79 Å². The zero-order chi connectivity index (χ0) is 22.8. The van der Waals surface area contributed by atoms with Crippen LogP contribution in [-0.4, -0.2) is 25.5 Å². The Morgan fingerprint density at radius 2 is 1.88 bits per heavy atom. The lowest BCUT2D eigenvalue weighted by atomic mass is 9.89. The molecule has 0 aliphatic heterocycles. The summed E-state index contributed by atoms with van der Waals surface area (Å²) in [6.07, 6.45) is 9.39. The number of nitriles is 1. The lowest BCUT2D eigenvalue weighted by molar-refractivity contribution is 0.102. The molecule has 2 aromatic heterocycles. The van der Waals surface area contributed by atoms with Gasteiger partial charge in [0.25, 0.3) is 11.7 Å². The number of rotatable bonds is 4. The van der Waals surface area contributed by atoms with Gasteiger partial charge in [0, 0.05) is 17.7 Å². The van der Waals surface area contributed by atoms with Gasteiger partial charge in [0.15, 0.2) is 0 Å². The van der Waals surface area contributed by atoms with Crippen molar-refractivity contribution < 1.29 is 4.79 Å². The molecule has 7 nitrogen and oxygen atoms in total. The Hall–Kier alpha value is -4.05. The first-order valence-electron chi connectivity index (χ1n) is 11.3. The number of benzene rings is 2. The van der Waals surface area contributed by atoms with Gasteiger partial charge in [-0.05, 0) is 54.7 Å². The predicted octanol–water partition coefficient (Wildman–Crippen LogP) is 5.27. The quantitative estimate of drug-likeness (QED) is 0.470. The molecular weight excluding hydrogens is 412 g/mol. The van der Waals surface area contributed by atoms with E-state index in [-0.39, 0.29) is 5.91 Å². The molecule has 1 fully saturated rings. The summed E-state index contributed by atoms with van der Waals surface area (Å²) in [7, 11) is 0. The van der Waals surface area contributed by atoms with Gasteiger partial charge in [-0.25, -0.2) is 4.98 Å². The van der Waals surface area contributed by atoms with Gasteiger partial charge in [0.2, 0.25) is 0 Å². The van der Waals surface area contributed by atoms with Crippen LogP contribution < -0.4 is 5.32 Å². The second kappa shape index (κ2) is 8.83. The molecule has 5 rings (SSSR count). The van der Waals surface area contributed by atoms with Crippen molar-refractivity contribution in [2.75, 3.05) is 5.32 Å². The van der Waals surface area contributed by atoms with Crippen LogP contribution in [0.3, 0.4) is 0 Å². The number of fused-ring (bicyclic) bond motifs is 1. The zero-order valence-electron chi connectivity index (χ0n) is 18.5. The molecule has 2 heterocycles. The van der Waals surface area contributed by atoms with Crippen molar-refractivity contribution >= 4 is 17.4 Å². The average Bonchev–Trinajstić information content (AvgIpc) is 3.28. The highest BCUT2D eigenvalue weighted by atomic mass is 16.1. The predicted molar refractivity (Wildman–Crippen MR) is 126 cm³/mol. The van der Waals surface area contributed by atoms with E-state index in [2.05, 4.69) is 26.6 Å². The monoisotopic (exact) mass is 436 g/mol. The fraction of sp³-hybridized carbons (Fsp3) is 0.269. The maximum atomic E-state index is 13.2. The van der Waals surface area contributed by atoms with Crippen molar-refractivity contribution in [2.45, 2.75) is 44.9 Å². The molecule has 1 amide bonds. The first kappa shape index (κ1) is 20.8. The van der Waals surface area contributed by atoms with Crippen LogP contribution in [0, 0.1) is 18.3 Å². The van der Waals surface area contributed by atoms with Crippen LogP contribution in [0.2, 0.25) is 0 Å². The van der Waals surface area contributed by atoms with Crippen LogP contribution in [0.4, 0.5) is 5.69 Å². The molecule has 0 radical (unpaired) electrons. The summed E-state index contributed by atoms with van der Waals surface area (Å²) in [6, 6.07) is 15.2. The Balaban J connectivity index is 1.42. The molecule has 33 heavy (non-hydrogen) atoms. The van der Waals surface area contributed by atoms with Gasteiger partial charge in [-0.2, -0.15) is 5.26 Å². The van der Waals surface area contributed by atoms with Crippen LogP contribution in [0.5, 0.6) is 0 Å². The summed E-state index contributed by atoms with van der Waals surface area (Å²) in [5.74, 6) is 1.66. The first-order valence-corrected chi connectivity index (χ1v) is 11.3. The van der Waals surface area contributed by atoms with Crippen molar-refractivity contribution in [1.82, 2.24) is 19.6 Å². The molecule has 0 saturated heterocycles. The number of hydrogen-bond donors (Lipinski definition) is 1. The highest BCUT2D eigenvalue weighted by Gasteiger charge is 2.21. The van der Waals surface area contributed by atoms with Gasteiger partial charge >= 0.3 is 0 Å². The summed E-state index contributed by atoms with van der Waals surface area (Å²) in [4.78, 5) is 17.6. The smallest absolute Gasteiger partial charge is 0.256 e. The molecule has 0 bridgehead atoms. The Bertz CT molecular complexity index is 1360. The SMILES string of the molecule is Cc1c(C(=O)Nc2cnc3nnc(C4CCCCC4)n3c2)cccc1-c1ccc(C#N)cc1. The van der Waals surface area contributed by atoms with E-state index in [4.69, 9.17) is 5.26 Å². The summed E-state index contributed by atoms with van der Waals surface area (Å²) >= 11 is 0. The maximum Gasteiger partial charge on any atom is 0.256 e. The topological polar surface area (TPSA) is 96.0 Å². The van der Waals surface area contributed by atoms with Gasteiger partial charge in [-0.1, -0.05) is 43.5 Å².